The minimum Gasteiger partial charge on any atom is -0.376 e. The summed E-state index contributed by atoms with van der Waals surface area (Å²) >= 11 is 0. The second kappa shape index (κ2) is 10.3. The lowest BCUT2D eigenvalue weighted by Crippen LogP contribution is -2.33. The molecule has 0 aliphatic carbocycles. The van der Waals surface area contributed by atoms with Gasteiger partial charge in [0, 0.05) is 50.2 Å². The summed E-state index contributed by atoms with van der Waals surface area (Å²) in [6.45, 7) is 7.79. The molecule has 2 fully saturated rings. The number of aryl methyl sites for hydroxylation is 1. The van der Waals surface area contributed by atoms with E-state index in [2.05, 4.69) is 35.4 Å². The van der Waals surface area contributed by atoms with Gasteiger partial charge in [-0.1, -0.05) is 6.92 Å². The van der Waals surface area contributed by atoms with Crippen molar-refractivity contribution in [2.24, 2.45) is 5.92 Å². The SMILES string of the molecule is Cc1cc(N2CCC(C)CC2)nc2ccc(NC(=O)CCC(=O)NCC3CCCO3)cc12. The standard InChI is InChI=1S/C25H34N4O3/c1-17-9-11-29(12-10-17)23-14-18(2)21-15-19(5-6-22(21)28-23)27-25(31)8-7-24(30)26-16-20-4-3-13-32-20/h5-6,14-15,17,20H,3-4,7-13,16H2,1-2H3,(H,26,30)(H,27,31). The van der Waals surface area contributed by atoms with Crippen molar-refractivity contribution in [3.63, 3.8) is 0 Å². The maximum atomic E-state index is 12.3. The van der Waals surface area contributed by atoms with Gasteiger partial charge in [0.1, 0.15) is 5.82 Å². The Kier molecular flexibility index (Phi) is 7.25. The van der Waals surface area contributed by atoms with Crippen LogP contribution in [-0.2, 0) is 14.3 Å². The summed E-state index contributed by atoms with van der Waals surface area (Å²) in [6.07, 6.45) is 4.87. The molecule has 0 spiro atoms. The van der Waals surface area contributed by atoms with Gasteiger partial charge < -0.3 is 20.3 Å². The van der Waals surface area contributed by atoms with Gasteiger partial charge in [0.25, 0.3) is 0 Å². The molecule has 1 aromatic carbocycles. The Labute approximate surface area is 189 Å². The van der Waals surface area contributed by atoms with Gasteiger partial charge >= 0.3 is 0 Å². The zero-order valence-corrected chi connectivity index (χ0v) is 19.2. The molecule has 3 heterocycles. The maximum Gasteiger partial charge on any atom is 0.224 e. The quantitative estimate of drug-likeness (QED) is 0.687. The number of nitrogens with zero attached hydrogens (tertiary/aromatic N) is 2. The van der Waals surface area contributed by atoms with Crippen LogP contribution in [0.3, 0.4) is 0 Å². The number of fused-ring (bicyclic) bond motifs is 1. The van der Waals surface area contributed by atoms with Crippen LogP contribution >= 0.6 is 0 Å². The highest BCUT2D eigenvalue weighted by molar-refractivity contribution is 5.96. The number of rotatable bonds is 7. The van der Waals surface area contributed by atoms with Gasteiger partial charge in [0.05, 0.1) is 11.6 Å². The average Bonchev–Trinajstić information content (AvgIpc) is 3.31. The number of pyridine rings is 1. The Morgan fingerprint density at radius 2 is 1.91 bits per heavy atom. The van der Waals surface area contributed by atoms with Gasteiger partial charge in [0.15, 0.2) is 0 Å². The summed E-state index contributed by atoms with van der Waals surface area (Å²) in [5.41, 5.74) is 2.81. The first kappa shape index (κ1) is 22.5. The number of aromatic nitrogens is 1. The van der Waals surface area contributed by atoms with Crippen LogP contribution in [0.1, 0.15) is 51.0 Å². The number of amides is 2. The van der Waals surface area contributed by atoms with Crippen molar-refractivity contribution in [2.75, 3.05) is 36.5 Å². The minimum absolute atomic E-state index is 0.112. The summed E-state index contributed by atoms with van der Waals surface area (Å²) in [6, 6.07) is 7.95. The molecule has 2 aromatic rings. The van der Waals surface area contributed by atoms with Crippen LogP contribution in [0.5, 0.6) is 0 Å². The summed E-state index contributed by atoms with van der Waals surface area (Å²) in [7, 11) is 0. The van der Waals surface area contributed by atoms with Gasteiger partial charge in [0.2, 0.25) is 11.8 Å². The molecule has 2 aliphatic heterocycles. The summed E-state index contributed by atoms with van der Waals surface area (Å²) < 4.78 is 5.50. The molecule has 0 radical (unpaired) electrons. The van der Waals surface area contributed by atoms with Crippen LogP contribution < -0.4 is 15.5 Å². The first-order valence-corrected chi connectivity index (χ1v) is 11.8. The molecule has 1 aromatic heterocycles. The highest BCUT2D eigenvalue weighted by Gasteiger charge is 2.19. The fraction of sp³-hybridized carbons (Fsp3) is 0.560. The third kappa shape index (κ3) is 5.76. The van der Waals surface area contributed by atoms with Gasteiger partial charge in [-0.15, -0.1) is 0 Å². The van der Waals surface area contributed by atoms with Gasteiger partial charge in [-0.25, -0.2) is 4.98 Å². The van der Waals surface area contributed by atoms with E-state index in [1.165, 1.54) is 12.8 Å². The zero-order chi connectivity index (χ0) is 22.5. The molecular weight excluding hydrogens is 404 g/mol. The van der Waals surface area contributed by atoms with Crippen LogP contribution in [0.4, 0.5) is 11.5 Å². The maximum absolute atomic E-state index is 12.3. The second-order valence-corrected chi connectivity index (χ2v) is 9.19. The first-order valence-electron chi connectivity index (χ1n) is 11.8. The first-order chi connectivity index (χ1) is 15.5. The third-order valence-electron chi connectivity index (χ3n) is 6.52. The van der Waals surface area contributed by atoms with E-state index >= 15 is 0 Å². The van der Waals surface area contributed by atoms with E-state index in [1.807, 2.05) is 18.2 Å². The van der Waals surface area contributed by atoms with Crippen LogP contribution in [0.25, 0.3) is 10.9 Å². The topological polar surface area (TPSA) is 83.6 Å². The molecule has 2 aliphatic rings. The third-order valence-corrected chi connectivity index (χ3v) is 6.52. The Bertz CT molecular complexity index is 963. The van der Waals surface area contributed by atoms with E-state index in [0.29, 0.717) is 6.54 Å². The second-order valence-electron chi connectivity index (χ2n) is 9.19. The molecule has 2 saturated heterocycles. The van der Waals surface area contributed by atoms with Crippen molar-refractivity contribution in [3.8, 4) is 0 Å². The van der Waals surface area contributed by atoms with Crippen LogP contribution in [0, 0.1) is 12.8 Å². The van der Waals surface area contributed by atoms with E-state index in [0.717, 1.165) is 66.4 Å². The number of carbonyl (C=O) groups is 2. The minimum atomic E-state index is -0.165. The fourth-order valence-corrected chi connectivity index (χ4v) is 4.43. The van der Waals surface area contributed by atoms with E-state index in [1.54, 1.807) is 0 Å². The number of piperidine rings is 1. The van der Waals surface area contributed by atoms with E-state index in [4.69, 9.17) is 9.72 Å². The number of benzene rings is 1. The summed E-state index contributed by atoms with van der Waals surface area (Å²) in [5, 5.41) is 6.80. The van der Waals surface area contributed by atoms with Crippen LogP contribution in [-0.4, -0.2) is 49.1 Å². The average molecular weight is 439 g/mol. The molecule has 0 bridgehead atoms. The molecule has 2 N–H and O–H groups in total. The Hall–Kier alpha value is -2.67. The van der Waals surface area contributed by atoms with E-state index < -0.39 is 0 Å². The molecule has 4 rings (SSSR count). The lowest BCUT2D eigenvalue weighted by molar-refractivity contribution is -0.124. The van der Waals surface area contributed by atoms with E-state index in [9.17, 15) is 9.59 Å². The highest BCUT2D eigenvalue weighted by Crippen LogP contribution is 2.28. The molecule has 7 nitrogen and oxygen atoms in total. The van der Waals surface area contributed by atoms with Crippen molar-refractivity contribution in [1.29, 1.82) is 0 Å². The Morgan fingerprint density at radius 1 is 1.12 bits per heavy atom. The number of ether oxygens (including phenoxy) is 1. The smallest absolute Gasteiger partial charge is 0.224 e. The van der Waals surface area contributed by atoms with Crippen LogP contribution in [0.2, 0.25) is 0 Å². The fourth-order valence-electron chi connectivity index (χ4n) is 4.43. The molecule has 1 atom stereocenters. The molecule has 7 heteroatoms. The lowest BCUT2D eigenvalue weighted by atomic mass is 9.99. The Morgan fingerprint density at radius 3 is 2.66 bits per heavy atom. The molecule has 2 amide bonds. The summed E-state index contributed by atoms with van der Waals surface area (Å²) in [5.74, 6) is 1.54. The molecule has 1 unspecified atom stereocenters. The number of nitrogens with one attached hydrogen (secondary N) is 2. The Balaban J connectivity index is 1.32. The number of carbonyl (C=O) groups excluding carboxylic acids is 2. The summed E-state index contributed by atoms with van der Waals surface area (Å²) in [4.78, 5) is 31.6. The lowest BCUT2D eigenvalue weighted by Gasteiger charge is -2.31. The predicted molar refractivity (Wildman–Crippen MR) is 127 cm³/mol. The predicted octanol–water partition coefficient (Wildman–Crippen LogP) is 3.79. The van der Waals surface area contributed by atoms with Crippen molar-refractivity contribution >= 4 is 34.2 Å². The van der Waals surface area contributed by atoms with Gasteiger partial charge in [-0.05, 0) is 68.4 Å². The van der Waals surface area contributed by atoms with Crippen molar-refractivity contribution in [1.82, 2.24) is 10.3 Å². The largest absolute Gasteiger partial charge is 0.376 e. The molecule has 0 saturated carbocycles. The molecular formula is C25H34N4O3. The normalized spacial score (nSPS) is 19.3. The van der Waals surface area contributed by atoms with Crippen molar-refractivity contribution in [2.45, 2.75) is 58.5 Å². The number of hydrogen-bond donors (Lipinski definition) is 2. The monoisotopic (exact) mass is 438 g/mol. The van der Waals surface area contributed by atoms with Gasteiger partial charge in [-0.2, -0.15) is 0 Å². The van der Waals surface area contributed by atoms with Crippen molar-refractivity contribution < 1.29 is 14.3 Å². The van der Waals surface area contributed by atoms with Gasteiger partial charge in [-0.3, -0.25) is 9.59 Å². The van der Waals surface area contributed by atoms with Crippen LogP contribution in [0.15, 0.2) is 24.3 Å². The zero-order valence-electron chi connectivity index (χ0n) is 19.2. The molecule has 172 valence electrons. The van der Waals surface area contributed by atoms with E-state index in [-0.39, 0.29) is 30.8 Å². The number of anilines is 2. The van der Waals surface area contributed by atoms with Crippen molar-refractivity contribution in [3.05, 3.63) is 29.8 Å². The molecule has 32 heavy (non-hydrogen) atoms. The highest BCUT2D eigenvalue weighted by atomic mass is 16.5. The number of hydrogen-bond acceptors (Lipinski definition) is 5.